The van der Waals surface area contributed by atoms with Crippen molar-refractivity contribution < 1.29 is 9.53 Å². The number of carbonyl (C=O) groups excluding carboxylic acids is 1. The summed E-state index contributed by atoms with van der Waals surface area (Å²) in [6.07, 6.45) is 1.60. The van der Waals surface area contributed by atoms with Gasteiger partial charge >= 0.3 is 0 Å². The highest BCUT2D eigenvalue weighted by molar-refractivity contribution is 5.93. The lowest BCUT2D eigenvalue weighted by atomic mass is 10.1. The molecule has 0 spiro atoms. The summed E-state index contributed by atoms with van der Waals surface area (Å²) in [6.45, 7) is 8.36. The van der Waals surface area contributed by atoms with Crippen molar-refractivity contribution in [3.8, 4) is 0 Å². The Morgan fingerprint density at radius 1 is 1.50 bits per heavy atom. The summed E-state index contributed by atoms with van der Waals surface area (Å²) in [4.78, 5) is 26.0. The van der Waals surface area contributed by atoms with Gasteiger partial charge in [-0.15, -0.1) is 0 Å². The first kappa shape index (κ1) is 16.7. The van der Waals surface area contributed by atoms with Gasteiger partial charge in [-0.25, -0.2) is 0 Å². The minimum Gasteiger partial charge on any atom is -0.374 e. The predicted octanol–water partition coefficient (Wildman–Crippen LogP) is 0.472. The Hall–Kier alpha value is -1.66. The van der Waals surface area contributed by atoms with Gasteiger partial charge in [0.15, 0.2) is 0 Å². The molecular formula is C16H25N3O3. The van der Waals surface area contributed by atoms with Gasteiger partial charge in [-0.05, 0) is 12.0 Å². The molecule has 1 aliphatic rings. The maximum atomic E-state index is 12.1. The van der Waals surface area contributed by atoms with Crippen molar-refractivity contribution in [1.29, 1.82) is 0 Å². The highest BCUT2D eigenvalue weighted by atomic mass is 16.5. The van der Waals surface area contributed by atoms with Gasteiger partial charge in [0.25, 0.3) is 11.5 Å². The highest BCUT2D eigenvalue weighted by Gasteiger charge is 2.21. The molecule has 0 aliphatic carbocycles. The first-order chi connectivity index (χ1) is 10.5. The van der Waals surface area contributed by atoms with Crippen molar-refractivity contribution >= 4 is 5.91 Å². The second-order valence-corrected chi connectivity index (χ2v) is 6.22. The third kappa shape index (κ3) is 4.68. The molecule has 1 aromatic rings. The van der Waals surface area contributed by atoms with Crippen LogP contribution >= 0.6 is 0 Å². The van der Waals surface area contributed by atoms with Crippen molar-refractivity contribution in [2.75, 3.05) is 32.8 Å². The van der Waals surface area contributed by atoms with E-state index in [2.05, 4.69) is 24.1 Å². The van der Waals surface area contributed by atoms with Crippen LogP contribution < -0.4 is 10.9 Å². The van der Waals surface area contributed by atoms with Gasteiger partial charge < -0.3 is 14.6 Å². The van der Waals surface area contributed by atoms with E-state index in [-0.39, 0.29) is 17.6 Å². The average Bonchev–Trinajstić information content (AvgIpc) is 2.47. The molecule has 1 N–H and O–H groups in total. The summed E-state index contributed by atoms with van der Waals surface area (Å²) < 4.78 is 7.13. The van der Waals surface area contributed by atoms with Gasteiger partial charge in [-0.3, -0.25) is 14.5 Å². The average molecular weight is 307 g/mol. The molecule has 22 heavy (non-hydrogen) atoms. The number of nitrogens with zero attached hydrogens (tertiary/aromatic N) is 2. The van der Waals surface area contributed by atoms with Crippen LogP contribution in [0.25, 0.3) is 0 Å². The lowest BCUT2D eigenvalue weighted by Gasteiger charge is -2.33. The Labute approximate surface area is 131 Å². The van der Waals surface area contributed by atoms with Gasteiger partial charge in [0.2, 0.25) is 0 Å². The summed E-state index contributed by atoms with van der Waals surface area (Å²) in [5.41, 5.74) is 0.197. The number of ether oxygens (including phenoxy) is 1. The van der Waals surface area contributed by atoms with Gasteiger partial charge in [0.1, 0.15) is 0 Å². The quantitative estimate of drug-likeness (QED) is 0.859. The monoisotopic (exact) mass is 307 g/mol. The molecule has 0 bridgehead atoms. The minimum absolute atomic E-state index is 0.00277. The Morgan fingerprint density at radius 2 is 2.27 bits per heavy atom. The standard InChI is InChI=1S/C16H25N3O3/c1-12(2)10-19-6-7-22-14(11-19)9-17-16(21)13-4-5-18(3)15(20)8-13/h4-5,8,12,14H,6-7,9-11H2,1-3H3,(H,17,21)/t14-/m0/s1. The fourth-order valence-electron chi connectivity index (χ4n) is 2.58. The SMILES string of the molecule is CC(C)CN1CCO[C@@H](CNC(=O)c2ccn(C)c(=O)c2)C1. The second-order valence-electron chi connectivity index (χ2n) is 6.22. The fourth-order valence-corrected chi connectivity index (χ4v) is 2.58. The van der Waals surface area contributed by atoms with Crippen LogP contribution in [0, 0.1) is 5.92 Å². The molecule has 0 aromatic carbocycles. The minimum atomic E-state index is -0.234. The number of morpholine rings is 1. The summed E-state index contributed by atoms with van der Waals surface area (Å²) in [6, 6.07) is 2.99. The highest BCUT2D eigenvalue weighted by Crippen LogP contribution is 2.07. The zero-order chi connectivity index (χ0) is 16.1. The van der Waals surface area contributed by atoms with E-state index in [1.165, 1.54) is 10.6 Å². The lowest BCUT2D eigenvalue weighted by molar-refractivity contribution is -0.0295. The summed E-state index contributed by atoms with van der Waals surface area (Å²) in [5, 5.41) is 2.85. The number of aromatic nitrogens is 1. The normalized spacial score (nSPS) is 19.4. The van der Waals surface area contributed by atoms with Crippen LogP contribution in [0.15, 0.2) is 23.1 Å². The molecule has 1 saturated heterocycles. The van der Waals surface area contributed by atoms with Crippen molar-refractivity contribution in [2.24, 2.45) is 13.0 Å². The van der Waals surface area contributed by atoms with E-state index in [9.17, 15) is 9.59 Å². The number of aryl methyl sites for hydroxylation is 1. The number of hydrogen-bond acceptors (Lipinski definition) is 4. The number of carbonyl (C=O) groups is 1. The molecule has 1 amide bonds. The number of hydrogen-bond donors (Lipinski definition) is 1. The van der Waals surface area contributed by atoms with Crippen molar-refractivity contribution in [2.45, 2.75) is 20.0 Å². The molecule has 1 fully saturated rings. The first-order valence-electron chi connectivity index (χ1n) is 7.74. The third-order valence-corrected chi connectivity index (χ3v) is 3.70. The van der Waals surface area contributed by atoms with E-state index in [1.807, 2.05) is 0 Å². The predicted molar refractivity (Wildman–Crippen MR) is 85.0 cm³/mol. The maximum Gasteiger partial charge on any atom is 0.251 e. The Kier molecular flexibility index (Phi) is 5.74. The second kappa shape index (κ2) is 7.56. The molecule has 6 heteroatoms. The lowest BCUT2D eigenvalue weighted by Crippen LogP contribution is -2.48. The molecule has 0 radical (unpaired) electrons. The molecule has 1 aliphatic heterocycles. The van der Waals surface area contributed by atoms with Crippen LogP contribution in [0.4, 0.5) is 0 Å². The summed E-state index contributed by atoms with van der Waals surface area (Å²) in [5.74, 6) is 0.385. The number of pyridine rings is 1. The van der Waals surface area contributed by atoms with Crippen LogP contribution in [-0.2, 0) is 11.8 Å². The Bertz CT molecular complexity index is 568. The third-order valence-electron chi connectivity index (χ3n) is 3.70. The topological polar surface area (TPSA) is 63.6 Å². The summed E-state index contributed by atoms with van der Waals surface area (Å²) >= 11 is 0. The molecule has 122 valence electrons. The smallest absolute Gasteiger partial charge is 0.251 e. The van der Waals surface area contributed by atoms with Crippen molar-refractivity contribution in [3.63, 3.8) is 0 Å². The molecule has 1 atom stereocenters. The van der Waals surface area contributed by atoms with E-state index >= 15 is 0 Å². The zero-order valence-electron chi connectivity index (χ0n) is 13.5. The van der Waals surface area contributed by atoms with Gasteiger partial charge in [-0.2, -0.15) is 0 Å². The van der Waals surface area contributed by atoms with Crippen LogP contribution in [0.5, 0.6) is 0 Å². The Balaban J connectivity index is 1.85. The first-order valence-corrected chi connectivity index (χ1v) is 7.74. The molecule has 2 rings (SSSR count). The largest absolute Gasteiger partial charge is 0.374 e. The fraction of sp³-hybridized carbons (Fsp3) is 0.625. The van der Waals surface area contributed by atoms with E-state index in [1.54, 1.807) is 19.3 Å². The van der Waals surface area contributed by atoms with Crippen LogP contribution in [0.1, 0.15) is 24.2 Å². The van der Waals surface area contributed by atoms with Crippen molar-refractivity contribution in [3.05, 3.63) is 34.2 Å². The van der Waals surface area contributed by atoms with Crippen LogP contribution in [-0.4, -0.2) is 54.3 Å². The van der Waals surface area contributed by atoms with Crippen molar-refractivity contribution in [1.82, 2.24) is 14.8 Å². The van der Waals surface area contributed by atoms with Gasteiger partial charge in [-0.1, -0.05) is 13.8 Å². The molecule has 0 saturated carbocycles. The molecule has 6 nitrogen and oxygen atoms in total. The zero-order valence-corrected chi connectivity index (χ0v) is 13.5. The van der Waals surface area contributed by atoms with Gasteiger partial charge in [0.05, 0.1) is 12.7 Å². The van der Waals surface area contributed by atoms with Gasteiger partial charge in [0, 0.05) is 51.1 Å². The van der Waals surface area contributed by atoms with E-state index in [0.717, 1.165) is 19.6 Å². The summed E-state index contributed by atoms with van der Waals surface area (Å²) in [7, 11) is 1.66. The van der Waals surface area contributed by atoms with E-state index in [4.69, 9.17) is 4.74 Å². The molecule has 0 unspecified atom stereocenters. The van der Waals surface area contributed by atoms with Crippen LogP contribution in [0.3, 0.4) is 0 Å². The number of amides is 1. The molecule has 1 aromatic heterocycles. The van der Waals surface area contributed by atoms with Crippen LogP contribution in [0.2, 0.25) is 0 Å². The molecular weight excluding hydrogens is 282 g/mol. The number of rotatable bonds is 5. The van der Waals surface area contributed by atoms with E-state index in [0.29, 0.717) is 24.6 Å². The van der Waals surface area contributed by atoms with E-state index < -0.39 is 0 Å². The Morgan fingerprint density at radius 3 is 2.95 bits per heavy atom. The maximum absolute atomic E-state index is 12.1. The number of nitrogens with one attached hydrogen (secondary N) is 1. The molecule has 2 heterocycles.